The Morgan fingerprint density at radius 2 is 1.63 bits per heavy atom. The van der Waals surface area contributed by atoms with Crippen LogP contribution in [0.1, 0.15) is 52.4 Å². The normalized spacial score (nSPS) is 27.0. The molecule has 4 nitrogen and oxygen atoms in total. The number of aliphatic hydroxyl groups excluding tert-OH is 1. The van der Waals surface area contributed by atoms with E-state index in [1.807, 2.05) is 0 Å². The van der Waals surface area contributed by atoms with Crippen LogP contribution < -0.4 is 0 Å². The molecule has 1 radical (unpaired) electrons. The maximum Gasteiger partial charge on any atom is 0.116 e. The Morgan fingerprint density at radius 3 is 2.21 bits per heavy atom. The first-order chi connectivity index (χ1) is 9.33. The lowest BCUT2D eigenvalue weighted by Crippen LogP contribution is -2.37. The molecule has 0 spiro atoms. The fourth-order valence-corrected chi connectivity index (χ4v) is 2.17. The third kappa shape index (κ3) is 6.21. The summed E-state index contributed by atoms with van der Waals surface area (Å²) < 4.78 is 17.0. The number of rotatable bonds is 11. The Morgan fingerprint density at radius 1 is 1.00 bits per heavy atom. The lowest BCUT2D eigenvalue weighted by Gasteiger charge is -2.22. The summed E-state index contributed by atoms with van der Waals surface area (Å²) in [5, 5.41) is 9.29. The molecule has 3 atom stereocenters. The molecule has 19 heavy (non-hydrogen) atoms. The predicted molar refractivity (Wildman–Crippen MR) is 74.8 cm³/mol. The third-order valence-corrected chi connectivity index (χ3v) is 3.37. The average Bonchev–Trinajstić information content (AvgIpc) is 2.82. The molecule has 1 N–H and O–H groups in total. The van der Waals surface area contributed by atoms with Crippen molar-refractivity contribution in [3.63, 3.8) is 0 Å². The van der Waals surface area contributed by atoms with Crippen molar-refractivity contribution in [3.05, 3.63) is 6.61 Å². The molecule has 0 amide bonds. The molecule has 1 saturated heterocycles. The van der Waals surface area contributed by atoms with Crippen LogP contribution in [0.4, 0.5) is 0 Å². The maximum absolute atomic E-state index is 9.29. The van der Waals surface area contributed by atoms with Gasteiger partial charge >= 0.3 is 0 Å². The van der Waals surface area contributed by atoms with Crippen molar-refractivity contribution in [2.24, 2.45) is 0 Å². The Labute approximate surface area is 117 Å². The molecular weight excluding hydrogens is 244 g/mol. The molecule has 0 unspecified atom stereocenters. The van der Waals surface area contributed by atoms with Crippen molar-refractivity contribution in [1.29, 1.82) is 0 Å². The van der Waals surface area contributed by atoms with E-state index in [1.54, 1.807) is 6.61 Å². The quantitative estimate of drug-likeness (QED) is 0.588. The molecule has 1 rings (SSSR count). The van der Waals surface area contributed by atoms with Crippen molar-refractivity contribution in [2.45, 2.75) is 70.7 Å². The van der Waals surface area contributed by atoms with E-state index in [9.17, 15) is 5.11 Å². The molecule has 0 aromatic heterocycles. The van der Waals surface area contributed by atoms with Gasteiger partial charge in [0.15, 0.2) is 0 Å². The van der Waals surface area contributed by atoms with Crippen LogP contribution in [0.5, 0.6) is 0 Å². The molecule has 0 aromatic carbocycles. The summed E-state index contributed by atoms with van der Waals surface area (Å²) in [7, 11) is 0. The third-order valence-electron chi connectivity index (χ3n) is 3.37. The highest BCUT2D eigenvalue weighted by Gasteiger charge is 2.38. The lowest BCUT2D eigenvalue weighted by molar-refractivity contribution is -0.0715. The molecule has 4 heteroatoms. The van der Waals surface area contributed by atoms with Crippen LogP contribution in [-0.2, 0) is 14.2 Å². The van der Waals surface area contributed by atoms with Crippen LogP contribution >= 0.6 is 0 Å². The van der Waals surface area contributed by atoms with Crippen molar-refractivity contribution >= 4 is 0 Å². The highest BCUT2D eigenvalue weighted by atomic mass is 16.6. The monoisotopic (exact) mass is 273 g/mol. The van der Waals surface area contributed by atoms with Crippen LogP contribution in [0.15, 0.2) is 0 Å². The fourth-order valence-electron chi connectivity index (χ4n) is 2.17. The van der Waals surface area contributed by atoms with E-state index in [0.29, 0.717) is 6.61 Å². The molecule has 1 heterocycles. The Hall–Kier alpha value is -0.160. The number of unbranched alkanes of at least 4 members (excludes halogenated alkanes) is 4. The van der Waals surface area contributed by atoms with E-state index < -0.39 is 0 Å². The van der Waals surface area contributed by atoms with Gasteiger partial charge < -0.3 is 19.3 Å². The minimum atomic E-state index is -0.280. The van der Waals surface area contributed by atoms with E-state index in [2.05, 4.69) is 13.8 Å². The molecular formula is C15H29O4. The summed E-state index contributed by atoms with van der Waals surface area (Å²) in [5.41, 5.74) is 0. The van der Waals surface area contributed by atoms with E-state index in [-0.39, 0.29) is 24.9 Å². The summed E-state index contributed by atoms with van der Waals surface area (Å²) >= 11 is 0. The molecule has 0 bridgehead atoms. The number of hydrogen-bond acceptors (Lipinski definition) is 4. The zero-order valence-corrected chi connectivity index (χ0v) is 12.3. The smallest absolute Gasteiger partial charge is 0.116 e. The highest BCUT2D eigenvalue weighted by Crippen LogP contribution is 2.24. The Balaban J connectivity index is 2.27. The van der Waals surface area contributed by atoms with Gasteiger partial charge in [-0.3, -0.25) is 0 Å². The van der Waals surface area contributed by atoms with E-state index in [4.69, 9.17) is 14.2 Å². The van der Waals surface area contributed by atoms with Gasteiger partial charge in [-0.05, 0) is 12.8 Å². The first-order valence-corrected chi connectivity index (χ1v) is 7.66. The second kappa shape index (κ2) is 10.6. The van der Waals surface area contributed by atoms with Gasteiger partial charge in [0, 0.05) is 13.2 Å². The van der Waals surface area contributed by atoms with Gasteiger partial charge in [0.25, 0.3) is 0 Å². The van der Waals surface area contributed by atoms with E-state index in [0.717, 1.165) is 19.4 Å². The predicted octanol–water partition coefficient (Wildman–Crippen LogP) is 2.69. The standard InChI is InChI=1S/C15H29O4/c1-3-5-7-9-17-14-12-19-13(11-16)15(14)18-10-8-6-4-2/h12-16H,3-11H2,1-2H3/t13-,14+,15-/m1/s1. The molecule has 0 saturated carbocycles. The first kappa shape index (κ1) is 16.9. The highest BCUT2D eigenvalue weighted by molar-refractivity contribution is 4.92. The van der Waals surface area contributed by atoms with Gasteiger partial charge in [0.1, 0.15) is 24.9 Å². The van der Waals surface area contributed by atoms with Crippen LogP contribution in [0, 0.1) is 6.61 Å². The van der Waals surface area contributed by atoms with E-state index in [1.165, 1.54) is 25.7 Å². The minimum absolute atomic E-state index is 0.0240. The molecule has 1 aliphatic rings. The lowest BCUT2D eigenvalue weighted by atomic mass is 10.1. The van der Waals surface area contributed by atoms with Crippen molar-refractivity contribution in [1.82, 2.24) is 0 Å². The summed E-state index contributed by atoms with van der Waals surface area (Å²) in [6, 6.07) is 0. The van der Waals surface area contributed by atoms with Crippen LogP contribution in [0.25, 0.3) is 0 Å². The maximum atomic E-state index is 9.29. The molecule has 0 aromatic rings. The number of aliphatic hydroxyl groups is 1. The average molecular weight is 273 g/mol. The van der Waals surface area contributed by atoms with Crippen molar-refractivity contribution < 1.29 is 19.3 Å². The van der Waals surface area contributed by atoms with E-state index >= 15 is 0 Å². The minimum Gasteiger partial charge on any atom is -0.394 e. The van der Waals surface area contributed by atoms with Gasteiger partial charge in [-0.25, -0.2) is 0 Å². The van der Waals surface area contributed by atoms with Gasteiger partial charge in [0.2, 0.25) is 0 Å². The second-order valence-corrected chi connectivity index (χ2v) is 5.08. The van der Waals surface area contributed by atoms with Gasteiger partial charge in [0.05, 0.1) is 6.61 Å². The summed E-state index contributed by atoms with van der Waals surface area (Å²) in [6.07, 6.45) is 6.24. The summed E-state index contributed by atoms with van der Waals surface area (Å²) in [5.74, 6) is 0. The van der Waals surface area contributed by atoms with Crippen LogP contribution in [0.2, 0.25) is 0 Å². The molecule has 1 fully saturated rings. The van der Waals surface area contributed by atoms with Gasteiger partial charge in [-0.1, -0.05) is 39.5 Å². The number of ether oxygens (including phenoxy) is 3. The summed E-state index contributed by atoms with van der Waals surface area (Å²) in [4.78, 5) is 0. The summed E-state index contributed by atoms with van der Waals surface area (Å²) in [6.45, 7) is 7.43. The largest absolute Gasteiger partial charge is 0.394 e. The molecule has 0 aliphatic carbocycles. The Bertz CT molecular complexity index is 210. The SMILES string of the molecule is CCCCCO[C@H]1[C@@H](OCCCCC)[CH]O[C@@H]1CO. The first-order valence-electron chi connectivity index (χ1n) is 7.66. The number of hydrogen-bond donors (Lipinski definition) is 1. The molecule has 113 valence electrons. The zero-order valence-electron chi connectivity index (χ0n) is 12.3. The second-order valence-electron chi connectivity index (χ2n) is 5.08. The van der Waals surface area contributed by atoms with Crippen molar-refractivity contribution in [2.75, 3.05) is 19.8 Å². The van der Waals surface area contributed by atoms with Crippen molar-refractivity contribution in [3.8, 4) is 0 Å². The topological polar surface area (TPSA) is 47.9 Å². The van der Waals surface area contributed by atoms with Gasteiger partial charge in [-0.15, -0.1) is 0 Å². The Kier molecular flexibility index (Phi) is 9.43. The van der Waals surface area contributed by atoms with Crippen LogP contribution in [0.3, 0.4) is 0 Å². The van der Waals surface area contributed by atoms with Gasteiger partial charge in [-0.2, -0.15) is 0 Å². The van der Waals surface area contributed by atoms with Crippen LogP contribution in [-0.4, -0.2) is 43.2 Å². The molecule has 1 aliphatic heterocycles. The fraction of sp³-hybridized carbons (Fsp3) is 0.933. The zero-order chi connectivity index (χ0) is 13.9.